The minimum atomic E-state index is -1.16. The number of carboxylic acid groups (broad SMARTS) is 1. The zero-order valence-corrected chi connectivity index (χ0v) is 15.2. The van der Waals surface area contributed by atoms with Gasteiger partial charge in [-0.1, -0.05) is 17.7 Å². The summed E-state index contributed by atoms with van der Waals surface area (Å²) in [5, 5.41) is 15.6. The largest absolute Gasteiger partial charge is 0.496 e. The molecule has 0 unspecified atom stereocenters. The number of anilines is 1. The lowest BCUT2D eigenvalue weighted by Crippen LogP contribution is -2.32. The van der Waals surface area contributed by atoms with Gasteiger partial charge in [-0.15, -0.1) is 0 Å². The van der Waals surface area contributed by atoms with Crippen LogP contribution in [0.15, 0.2) is 41.5 Å². The van der Waals surface area contributed by atoms with E-state index < -0.39 is 17.8 Å². The van der Waals surface area contributed by atoms with E-state index in [4.69, 9.17) is 21.4 Å². The minimum Gasteiger partial charge on any atom is -0.496 e. The van der Waals surface area contributed by atoms with E-state index in [0.29, 0.717) is 16.3 Å². The zero-order valence-electron chi connectivity index (χ0n) is 14.4. The van der Waals surface area contributed by atoms with Crippen LogP contribution in [0.4, 0.5) is 5.69 Å². The number of benzene rings is 2. The summed E-state index contributed by atoms with van der Waals surface area (Å²) in [6.07, 6.45) is 1.21. The summed E-state index contributed by atoms with van der Waals surface area (Å²) in [5.74, 6) is -2.88. The molecule has 2 aromatic rings. The van der Waals surface area contributed by atoms with Gasteiger partial charge in [0.2, 0.25) is 0 Å². The molecule has 0 spiro atoms. The Bertz CT molecular complexity index is 927. The number of hydrazone groups is 1. The number of aromatic carboxylic acids is 1. The first-order valence-electron chi connectivity index (χ1n) is 7.63. The van der Waals surface area contributed by atoms with Crippen molar-refractivity contribution in [3.8, 4) is 5.75 Å². The summed E-state index contributed by atoms with van der Waals surface area (Å²) >= 11 is 5.96. The zero-order chi connectivity index (χ0) is 20.0. The molecule has 2 aromatic carbocycles. The fourth-order valence-electron chi connectivity index (χ4n) is 2.05. The third kappa shape index (κ3) is 5.29. The van der Waals surface area contributed by atoms with Crippen LogP contribution in [0.5, 0.6) is 5.75 Å². The molecule has 0 bridgehead atoms. The van der Waals surface area contributed by atoms with Crippen molar-refractivity contribution in [3.05, 3.63) is 58.1 Å². The molecule has 0 radical (unpaired) electrons. The Morgan fingerprint density at radius 1 is 1.15 bits per heavy atom. The van der Waals surface area contributed by atoms with E-state index >= 15 is 0 Å². The highest BCUT2D eigenvalue weighted by molar-refractivity contribution is 6.39. The summed E-state index contributed by atoms with van der Waals surface area (Å²) in [5.41, 5.74) is 3.62. The second-order valence-electron chi connectivity index (χ2n) is 5.38. The predicted molar refractivity (Wildman–Crippen MR) is 101 cm³/mol. The molecular weight excluding hydrogens is 374 g/mol. The molecule has 0 aliphatic rings. The molecule has 27 heavy (non-hydrogen) atoms. The first-order chi connectivity index (χ1) is 12.8. The normalized spacial score (nSPS) is 10.5. The minimum absolute atomic E-state index is 0.0539. The van der Waals surface area contributed by atoms with Gasteiger partial charge in [-0.2, -0.15) is 5.10 Å². The van der Waals surface area contributed by atoms with Gasteiger partial charge in [0, 0.05) is 10.7 Å². The van der Waals surface area contributed by atoms with E-state index in [0.717, 1.165) is 5.56 Å². The van der Waals surface area contributed by atoms with Gasteiger partial charge in [0.1, 0.15) is 11.3 Å². The van der Waals surface area contributed by atoms with Crippen LogP contribution in [0, 0.1) is 6.92 Å². The number of aryl methyl sites for hydroxylation is 1. The lowest BCUT2D eigenvalue weighted by Gasteiger charge is -2.06. The fourth-order valence-corrected chi connectivity index (χ4v) is 2.23. The first-order valence-corrected chi connectivity index (χ1v) is 8.01. The highest BCUT2D eigenvalue weighted by Gasteiger charge is 2.14. The number of carboxylic acids is 1. The van der Waals surface area contributed by atoms with Crippen molar-refractivity contribution in [1.82, 2.24) is 5.43 Å². The van der Waals surface area contributed by atoms with Crippen LogP contribution < -0.4 is 15.5 Å². The maximum Gasteiger partial charge on any atom is 0.339 e. The second-order valence-corrected chi connectivity index (χ2v) is 5.79. The molecule has 140 valence electrons. The van der Waals surface area contributed by atoms with Crippen molar-refractivity contribution >= 4 is 41.3 Å². The number of nitrogens with one attached hydrogen (secondary N) is 2. The molecule has 3 N–H and O–H groups in total. The molecule has 0 saturated heterocycles. The highest BCUT2D eigenvalue weighted by atomic mass is 35.5. The van der Waals surface area contributed by atoms with E-state index in [1.54, 1.807) is 18.2 Å². The smallest absolute Gasteiger partial charge is 0.339 e. The number of carbonyl (C=O) groups is 3. The first kappa shape index (κ1) is 19.9. The SMILES string of the molecule is COc1ccc(/C=N\NC(=O)C(=O)Nc2ccc(C)c(Cl)c2)cc1C(=O)O. The fraction of sp³-hybridized carbons (Fsp3) is 0.111. The van der Waals surface area contributed by atoms with Crippen molar-refractivity contribution in [2.45, 2.75) is 6.92 Å². The summed E-state index contributed by atoms with van der Waals surface area (Å²) < 4.78 is 4.95. The maximum absolute atomic E-state index is 11.8. The summed E-state index contributed by atoms with van der Waals surface area (Å²) in [6, 6.07) is 9.18. The molecule has 0 saturated carbocycles. The van der Waals surface area contributed by atoms with Crippen LogP contribution in [-0.4, -0.2) is 36.2 Å². The third-order valence-electron chi connectivity index (χ3n) is 3.47. The average molecular weight is 390 g/mol. The number of amides is 2. The Labute approximate surface area is 159 Å². The van der Waals surface area contributed by atoms with Gasteiger partial charge in [0.05, 0.1) is 13.3 Å². The molecule has 0 aliphatic heterocycles. The lowest BCUT2D eigenvalue weighted by atomic mass is 10.1. The molecule has 0 aromatic heterocycles. The number of rotatable bonds is 5. The van der Waals surface area contributed by atoms with Crippen molar-refractivity contribution in [2.75, 3.05) is 12.4 Å². The van der Waals surface area contributed by atoms with E-state index in [1.165, 1.54) is 31.5 Å². The third-order valence-corrected chi connectivity index (χ3v) is 3.88. The molecule has 0 heterocycles. The molecule has 0 aliphatic carbocycles. The number of methoxy groups -OCH3 is 1. The van der Waals surface area contributed by atoms with E-state index in [-0.39, 0.29) is 11.3 Å². The van der Waals surface area contributed by atoms with Crippen LogP contribution in [-0.2, 0) is 9.59 Å². The Balaban J connectivity index is 1.99. The predicted octanol–water partition coefficient (Wildman–Crippen LogP) is 2.44. The number of nitrogens with zero attached hydrogens (tertiary/aromatic N) is 1. The number of carbonyl (C=O) groups excluding carboxylic acids is 2. The van der Waals surface area contributed by atoms with Gasteiger partial charge in [0.25, 0.3) is 0 Å². The lowest BCUT2D eigenvalue weighted by molar-refractivity contribution is -0.136. The van der Waals surface area contributed by atoms with Crippen LogP contribution in [0.2, 0.25) is 5.02 Å². The Kier molecular flexibility index (Phi) is 6.51. The maximum atomic E-state index is 11.8. The molecule has 9 heteroatoms. The van der Waals surface area contributed by atoms with Gasteiger partial charge in [-0.05, 0) is 48.4 Å². The Morgan fingerprint density at radius 3 is 2.52 bits per heavy atom. The quantitative estimate of drug-likeness (QED) is 0.412. The van der Waals surface area contributed by atoms with Crippen molar-refractivity contribution in [2.24, 2.45) is 5.10 Å². The number of hydrogen-bond acceptors (Lipinski definition) is 5. The van der Waals surface area contributed by atoms with E-state index in [2.05, 4.69) is 15.8 Å². The van der Waals surface area contributed by atoms with Crippen LogP contribution in [0.1, 0.15) is 21.5 Å². The number of halogens is 1. The van der Waals surface area contributed by atoms with Crippen LogP contribution in [0.25, 0.3) is 0 Å². The van der Waals surface area contributed by atoms with Crippen molar-refractivity contribution in [1.29, 1.82) is 0 Å². The Hall–Kier alpha value is -3.39. The van der Waals surface area contributed by atoms with Crippen molar-refractivity contribution in [3.63, 3.8) is 0 Å². The molecule has 0 fully saturated rings. The molecule has 0 atom stereocenters. The van der Waals surface area contributed by atoms with Gasteiger partial charge in [0.15, 0.2) is 0 Å². The van der Waals surface area contributed by atoms with Crippen LogP contribution >= 0.6 is 11.6 Å². The molecule has 8 nitrogen and oxygen atoms in total. The van der Waals surface area contributed by atoms with E-state index in [1.807, 2.05) is 6.92 Å². The monoisotopic (exact) mass is 389 g/mol. The highest BCUT2D eigenvalue weighted by Crippen LogP contribution is 2.20. The van der Waals surface area contributed by atoms with Gasteiger partial charge in [-0.3, -0.25) is 9.59 Å². The van der Waals surface area contributed by atoms with Gasteiger partial charge in [-0.25, -0.2) is 10.2 Å². The van der Waals surface area contributed by atoms with Crippen LogP contribution in [0.3, 0.4) is 0 Å². The molecule has 2 rings (SSSR count). The second kappa shape index (κ2) is 8.81. The Morgan fingerprint density at radius 2 is 1.89 bits per heavy atom. The molecular formula is C18H16ClN3O5. The van der Waals surface area contributed by atoms with Gasteiger partial charge >= 0.3 is 17.8 Å². The number of hydrogen-bond donors (Lipinski definition) is 3. The van der Waals surface area contributed by atoms with Gasteiger partial charge < -0.3 is 15.2 Å². The average Bonchev–Trinajstić information content (AvgIpc) is 2.64. The summed E-state index contributed by atoms with van der Waals surface area (Å²) in [7, 11) is 1.36. The van der Waals surface area contributed by atoms with E-state index in [9.17, 15) is 14.4 Å². The topological polar surface area (TPSA) is 117 Å². The molecule has 2 amide bonds. The van der Waals surface area contributed by atoms with Crippen molar-refractivity contribution < 1.29 is 24.2 Å². The standard InChI is InChI=1S/C18H16ClN3O5/c1-10-3-5-12(8-14(10)19)21-16(23)17(24)22-20-9-11-4-6-15(27-2)13(7-11)18(25)26/h3-9H,1-2H3,(H,21,23)(H,22,24)(H,25,26)/b20-9-. The summed E-state index contributed by atoms with van der Waals surface area (Å²) in [4.78, 5) is 34.8. The summed E-state index contributed by atoms with van der Waals surface area (Å²) in [6.45, 7) is 1.81. The number of ether oxygens (including phenoxy) is 1.